The summed E-state index contributed by atoms with van der Waals surface area (Å²) in [5.74, 6) is 0. The van der Waals surface area contributed by atoms with Gasteiger partial charge in [0.15, 0.2) is 0 Å². The van der Waals surface area contributed by atoms with Crippen LogP contribution in [0, 0.1) is 13.8 Å². The van der Waals surface area contributed by atoms with Crippen LogP contribution in [0.2, 0.25) is 0 Å². The maximum absolute atomic E-state index is 6.16. The van der Waals surface area contributed by atoms with Crippen LogP contribution in [-0.2, 0) is 0 Å². The number of benzene rings is 1. The molecule has 0 bridgehead atoms. The number of rotatable bonds is 3. The van der Waals surface area contributed by atoms with Gasteiger partial charge in [-0.3, -0.25) is 0 Å². The summed E-state index contributed by atoms with van der Waals surface area (Å²) in [4.78, 5) is 4.36. The average molecular weight is 308 g/mol. The number of hydrogen-bond acceptors (Lipinski definition) is 2. The molecule has 2 aromatic rings. The van der Waals surface area contributed by atoms with Gasteiger partial charge in [0.1, 0.15) is 0 Å². The molecule has 1 aromatic heterocycles. The van der Waals surface area contributed by atoms with Gasteiger partial charge < -0.3 is 10.3 Å². The molecule has 0 saturated carbocycles. The largest absolute Gasteiger partial charge is 0.326 e. The van der Waals surface area contributed by atoms with Gasteiger partial charge in [-0.25, -0.2) is 4.98 Å². The molecule has 0 aliphatic heterocycles. The van der Waals surface area contributed by atoms with E-state index in [1.807, 2.05) is 32.3 Å². The number of aromatic nitrogens is 2. The van der Waals surface area contributed by atoms with Gasteiger partial charge in [0.05, 0.1) is 18.1 Å². The molecule has 96 valence electrons. The smallest absolute Gasteiger partial charge is 0.0957 e. The summed E-state index contributed by atoms with van der Waals surface area (Å²) in [5.41, 5.74) is 9.58. The molecule has 0 fully saturated rings. The lowest BCUT2D eigenvalue weighted by Crippen LogP contribution is -2.30. The second-order valence-corrected chi connectivity index (χ2v) is 5.59. The van der Waals surface area contributed by atoms with Crippen LogP contribution in [0.3, 0.4) is 0 Å². The van der Waals surface area contributed by atoms with Crippen LogP contribution in [0.4, 0.5) is 0 Å². The van der Waals surface area contributed by atoms with Crippen molar-refractivity contribution < 1.29 is 0 Å². The van der Waals surface area contributed by atoms with Gasteiger partial charge in [-0.1, -0.05) is 28.1 Å². The summed E-state index contributed by atoms with van der Waals surface area (Å²) in [6.07, 6.45) is 1.88. The van der Waals surface area contributed by atoms with E-state index in [0.717, 1.165) is 10.2 Å². The molecule has 0 aliphatic rings. The molecule has 1 heterocycles. The van der Waals surface area contributed by atoms with E-state index >= 15 is 0 Å². The number of halogens is 1. The predicted molar refractivity (Wildman–Crippen MR) is 77.6 cm³/mol. The molecule has 2 unspecified atom stereocenters. The third-order valence-corrected chi connectivity index (χ3v) is 3.82. The fraction of sp³-hybridized carbons (Fsp3) is 0.357. The van der Waals surface area contributed by atoms with Crippen LogP contribution in [-0.4, -0.2) is 15.6 Å². The van der Waals surface area contributed by atoms with Gasteiger partial charge in [0, 0.05) is 16.2 Å². The van der Waals surface area contributed by atoms with Crippen molar-refractivity contribution in [2.45, 2.75) is 32.9 Å². The van der Waals surface area contributed by atoms with Crippen molar-refractivity contribution in [3.63, 3.8) is 0 Å². The van der Waals surface area contributed by atoms with E-state index in [-0.39, 0.29) is 12.1 Å². The van der Waals surface area contributed by atoms with Gasteiger partial charge in [0.25, 0.3) is 0 Å². The van der Waals surface area contributed by atoms with E-state index < -0.39 is 0 Å². The number of nitrogens with two attached hydrogens (primary N) is 1. The number of aryl methyl sites for hydroxylation is 1. The van der Waals surface area contributed by atoms with Crippen molar-refractivity contribution in [3.05, 3.63) is 52.0 Å². The molecule has 0 radical (unpaired) electrons. The Labute approximate surface area is 116 Å². The molecule has 2 rings (SSSR count). The zero-order valence-electron chi connectivity index (χ0n) is 10.9. The minimum Gasteiger partial charge on any atom is -0.326 e. The fourth-order valence-electron chi connectivity index (χ4n) is 2.17. The maximum atomic E-state index is 6.16. The van der Waals surface area contributed by atoms with E-state index in [0.29, 0.717) is 0 Å². The fourth-order valence-corrected chi connectivity index (χ4v) is 2.44. The molecule has 0 spiro atoms. The highest BCUT2D eigenvalue weighted by Gasteiger charge is 2.20. The lowest BCUT2D eigenvalue weighted by atomic mass is 10.0. The normalized spacial score (nSPS) is 14.5. The lowest BCUT2D eigenvalue weighted by Gasteiger charge is -2.24. The Morgan fingerprint density at radius 2 is 1.83 bits per heavy atom. The Morgan fingerprint density at radius 1 is 1.22 bits per heavy atom. The predicted octanol–water partition coefficient (Wildman–Crippen LogP) is 3.20. The third kappa shape index (κ3) is 2.49. The summed E-state index contributed by atoms with van der Waals surface area (Å²) >= 11 is 3.46. The van der Waals surface area contributed by atoms with Gasteiger partial charge >= 0.3 is 0 Å². The van der Waals surface area contributed by atoms with Crippen LogP contribution in [0.5, 0.6) is 0 Å². The van der Waals surface area contributed by atoms with Crippen LogP contribution < -0.4 is 5.73 Å². The first kappa shape index (κ1) is 13.3. The maximum Gasteiger partial charge on any atom is 0.0957 e. The molecule has 0 saturated heterocycles. The van der Waals surface area contributed by atoms with E-state index in [2.05, 4.69) is 44.5 Å². The van der Waals surface area contributed by atoms with Crippen molar-refractivity contribution in [2.75, 3.05) is 0 Å². The van der Waals surface area contributed by atoms with Crippen LogP contribution in [0.25, 0.3) is 0 Å². The molecule has 2 N–H and O–H groups in total. The molecular formula is C14H18BrN3. The second kappa shape index (κ2) is 5.24. The first-order chi connectivity index (χ1) is 8.50. The summed E-state index contributed by atoms with van der Waals surface area (Å²) in [6.45, 7) is 6.13. The molecule has 0 aliphatic carbocycles. The number of nitrogens with zero attached hydrogens (tertiary/aromatic N) is 2. The minimum absolute atomic E-state index is 0.0264. The molecule has 18 heavy (non-hydrogen) atoms. The minimum atomic E-state index is 0.0264. The van der Waals surface area contributed by atoms with Crippen molar-refractivity contribution in [2.24, 2.45) is 5.73 Å². The molecule has 1 aromatic carbocycles. The van der Waals surface area contributed by atoms with Gasteiger partial charge in [-0.05, 0) is 38.5 Å². The lowest BCUT2D eigenvalue weighted by molar-refractivity contribution is 0.487. The average Bonchev–Trinajstić information content (AvgIpc) is 2.64. The highest BCUT2D eigenvalue weighted by atomic mass is 79.9. The van der Waals surface area contributed by atoms with Crippen molar-refractivity contribution in [3.8, 4) is 0 Å². The van der Waals surface area contributed by atoms with Crippen LogP contribution in [0.1, 0.15) is 29.9 Å². The summed E-state index contributed by atoms with van der Waals surface area (Å²) in [6, 6.07) is 8.45. The quantitative estimate of drug-likeness (QED) is 0.946. The van der Waals surface area contributed by atoms with Crippen LogP contribution in [0.15, 0.2) is 35.1 Å². The second-order valence-electron chi connectivity index (χ2n) is 4.68. The van der Waals surface area contributed by atoms with E-state index in [1.54, 1.807) is 0 Å². The van der Waals surface area contributed by atoms with Crippen molar-refractivity contribution >= 4 is 15.9 Å². The Morgan fingerprint density at radius 3 is 2.28 bits per heavy atom. The zero-order valence-corrected chi connectivity index (χ0v) is 12.5. The Bertz CT molecular complexity index is 528. The van der Waals surface area contributed by atoms with Crippen molar-refractivity contribution in [1.82, 2.24) is 9.55 Å². The SMILES string of the molecule is Cc1ncn(C(c2ccc(Br)cc2)C(C)N)c1C. The third-order valence-electron chi connectivity index (χ3n) is 3.30. The topological polar surface area (TPSA) is 43.8 Å². The first-order valence-electron chi connectivity index (χ1n) is 6.01. The molecule has 0 amide bonds. The molecule has 4 heteroatoms. The first-order valence-corrected chi connectivity index (χ1v) is 6.81. The number of hydrogen-bond donors (Lipinski definition) is 1. The highest BCUT2D eigenvalue weighted by molar-refractivity contribution is 9.10. The summed E-state index contributed by atoms with van der Waals surface area (Å²) in [5, 5.41) is 0. The van der Waals surface area contributed by atoms with Gasteiger partial charge in [-0.2, -0.15) is 0 Å². The van der Waals surface area contributed by atoms with Crippen molar-refractivity contribution in [1.29, 1.82) is 0 Å². The summed E-state index contributed by atoms with van der Waals surface area (Å²) < 4.78 is 3.23. The molecule has 3 nitrogen and oxygen atoms in total. The Hall–Kier alpha value is -1.13. The summed E-state index contributed by atoms with van der Waals surface area (Å²) in [7, 11) is 0. The van der Waals surface area contributed by atoms with E-state index in [4.69, 9.17) is 5.73 Å². The van der Waals surface area contributed by atoms with Gasteiger partial charge in [-0.15, -0.1) is 0 Å². The van der Waals surface area contributed by atoms with E-state index in [9.17, 15) is 0 Å². The molecular weight excluding hydrogens is 290 g/mol. The van der Waals surface area contributed by atoms with Crippen LogP contribution >= 0.6 is 15.9 Å². The zero-order chi connectivity index (χ0) is 13.3. The van der Waals surface area contributed by atoms with Gasteiger partial charge in [0.2, 0.25) is 0 Å². The number of imidazole rings is 1. The Kier molecular flexibility index (Phi) is 3.88. The molecule has 2 atom stereocenters. The van der Waals surface area contributed by atoms with E-state index in [1.165, 1.54) is 11.3 Å². The highest BCUT2D eigenvalue weighted by Crippen LogP contribution is 2.25. The standard InChI is InChI=1S/C14H18BrN3/c1-9(16)14(12-4-6-13(15)7-5-12)18-8-17-10(2)11(18)3/h4-9,14H,16H2,1-3H3. The Balaban J connectivity index is 2.46. The monoisotopic (exact) mass is 307 g/mol.